The average Bonchev–Trinajstić information content (AvgIpc) is 2.27. The third-order valence-electron chi connectivity index (χ3n) is 1.88. The van der Waals surface area contributed by atoms with Crippen LogP contribution in [0.15, 0.2) is 23.4 Å². The Balaban J connectivity index is 2.33. The number of rotatable bonds is 0. The predicted octanol–water partition coefficient (Wildman–Crippen LogP) is 1.11. The normalized spacial score (nSPS) is 23.0. The van der Waals surface area contributed by atoms with Crippen molar-refractivity contribution in [3.8, 4) is 0 Å². The van der Waals surface area contributed by atoms with Crippen molar-refractivity contribution in [2.45, 2.75) is 19.3 Å². The number of hydrogen-bond acceptors (Lipinski definition) is 1. The van der Waals surface area contributed by atoms with Crippen LogP contribution in [0.1, 0.15) is 19.3 Å². The maximum atomic E-state index is 10.8. The molecule has 2 heteroatoms. The van der Waals surface area contributed by atoms with Crippen LogP contribution >= 0.6 is 0 Å². The van der Waals surface area contributed by atoms with E-state index >= 15 is 0 Å². The molecule has 0 radical (unpaired) electrons. The van der Waals surface area contributed by atoms with E-state index in [0.717, 1.165) is 18.5 Å². The molecule has 52 valence electrons. The molecule has 1 heterocycles. The number of nitrogens with one attached hydrogen (secondary N) is 1. The summed E-state index contributed by atoms with van der Waals surface area (Å²) in [5, 5.41) is 2.81. The van der Waals surface area contributed by atoms with Crippen LogP contribution in [0, 0.1) is 0 Å². The van der Waals surface area contributed by atoms with Gasteiger partial charge in [0.1, 0.15) is 0 Å². The first kappa shape index (κ1) is 5.71. The molecule has 1 fully saturated rings. The van der Waals surface area contributed by atoms with Gasteiger partial charge in [-0.1, -0.05) is 12.2 Å². The van der Waals surface area contributed by atoms with Gasteiger partial charge < -0.3 is 5.32 Å². The molecule has 1 aliphatic heterocycles. The first-order valence-electron chi connectivity index (χ1n) is 3.56. The third-order valence-corrected chi connectivity index (χ3v) is 1.88. The van der Waals surface area contributed by atoms with Crippen LogP contribution in [-0.4, -0.2) is 5.91 Å². The molecule has 0 saturated carbocycles. The Morgan fingerprint density at radius 1 is 1.30 bits per heavy atom. The van der Waals surface area contributed by atoms with E-state index in [0.29, 0.717) is 6.42 Å². The van der Waals surface area contributed by atoms with Crippen molar-refractivity contribution in [1.29, 1.82) is 0 Å². The summed E-state index contributed by atoms with van der Waals surface area (Å²) in [6.07, 6.45) is 6.99. The van der Waals surface area contributed by atoms with Crippen LogP contribution in [-0.2, 0) is 4.79 Å². The monoisotopic (exact) mass is 135 g/mol. The maximum absolute atomic E-state index is 10.8. The Labute approximate surface area is 59.6 Å². The first-order valence-corrected chi connectivity index (χ1v) is 3.56. The highest BCUT2D eigenvalue weighted by Crippen LogP contribution is 2.24. The maximum Gasteiger partial charge on any atom is 0.228 e. The van der Waals surface area contributed by atoms with E-state index in [1.165, 1.54) is 5.57 Å². The molecule has 1 aliphatic carbocycles. The molecular weight excluding hydrogens is 126 g/mol. The number of hydrogen-bond donors (Lipinski definition) is 1. The van der Waals surface area contributed by atoms with Crippen molar-refractivity contribution < 1.29 is 4.79 Å². The van der Waals surface area contributed by atoms with E-state index in [1.54, 1.807) is 0 Å². The van der Waals surface area contributed by atoms with Crippen LogP contribution in [0.25, 0.3) is 0 Å². The summed E-state index contributed by atoms with van der Waals surface area (Å²) in [5.41, 5.74) is 2.24. The van der Waals surface area contributed by atoms with Crippen molar-refractivity contribution >= 4 is 5.91 Å². The highest BCUT2D eigenvalue weighted by molar-refractivity contribution is 5.86. The molecule has 2 rings (SSSR count). The lowest BCUT2D eigenvalue weighted by Crippen LogP contribution is -2.12. The van der Waals surface area contributed by atoms with Gasteiger partial charge in [-0.15, -0.1) is 0 Å². The molecule has 1 N–H and O–H groups in total. The van der Waals surface area contributed by atoms with Gasteiger partial charge in [0.25, 0.3) is 0 Å². The number of carbonyl (C=O) groups is 1. The number of allylic oxidation sites excluding steroid dienone is 3. The fourth-order valence-corrected chi connectivity index (χ4v) is 1.39. The van der Waals surface area contributed by atoms with Crippen molar-refractivity contribution in [2.75, 3.05) is 0 Å². The van der Waals surface area contributed by atoms with Crippen LogP contribution in [0.3, 0.4) is 0 Å². The van der Waals surface area contributed by atoms with E-state index in [-0.39, 0.29) is 5.91 Å². The number of carbonyl (C=O) groups excluding carboxylic acids is 1. The van der Waals surface area contributed by atoms with Crippen LogP contribution in [0.4, 0.5) is 0 Å². The first-order chi connectivity index (χ1) is 4.86. The summed E-state index contributed by atoms with van der Waals surface area (Å²) in [7, 11) is 0. The van der Waals surface area contributed by atoms with Gasteiger partial charge in [-0.25, -0.2) is 0 Å². The van der Waals surface area contributed by atoms with E-state index in [4.69, 9.17) is 0 Å². The molecule has 0 bridgehead atoms. The van der Waals surface area contributed by atoms with E-state index in [1.807, 2.05) is 0 Å². The summed E-state index contributed by atoms with van der Waals surface area (Å²) in [6.45, 7) is 0. The molecule has 0 spiro atoms. The molecule has 10 heavy (non-hydrogen) atoms. The summed E-state index contributed by atoms with van der Waals surface area (Å²) in [5.74, 6) is 0.138. The molecule has 0 unspecified atom stereocenters. The summed E-state index contributed by atoms with van der Waals surface area (Å²) in [4.78, 5) is 10.8. The Kier molecular flexibility index (Phi) is 1.13. The Morgan fingerprint density at radius 2 is 2.10 bits per heavy atom. The topological polar surface area (TPSA) is 29.1 Å². The lowest BCUT2D eigenvalue weighted by atomic mass is 10.0. The van der Waals surface area contributed by atoms with Crippen molar-refractivity contribution in [3.63, 3.8) is 0 Å². The van der Waals surface area contributed by atoms with Crippen LogP contribution < -0.4 is 5.32 Å². The van der Waals surface area contributed by atoms with Gasteiger partial charge in [0.2, 0.25) is 5.91 Å². The highest BCUT2D eigenvalue weighted by Gasteiger charge is 2.20. The molecule has 0 aromatic carbocycles. The smallest absolute Gasteiger partial charge is 0.228 e. The second-order valence-electron chi connectivity index (χ2n) is 2.65. The quantitative estimate of drug-likeness (QED) is 0.529. The minimum Gasteiger partial charge on any atom is -0.326 e. The molecule has 0 atom stereocenters. The zero-order chi connectivity index (χ0) is 6.97. The fraction of sp³-hybridized carbons (Fsp3) is 0.375. The average molecular weight is 135 g/mol. The van der Waals surface area contributed by atoms with Gasteiger partial charge in [0, 0.05) is 5.70 Å². The zero-order valence-corrected chi connectivity index (χ0v) is 5.68. The van der Waals surface area contributed by atoms with Gasteiger partial charge in [0.15, 0.2) is 0 Å². The van der Waals surface area contributed by atoms with Gasteiger partial charge in [-0.05, 0) is 18.4 Å². The summed E-state index contributed by atoms with van der Waals surface area (Å²) < 4.78 is 0. The highest BCUT2D eigenvalue weighted by atomic mass is 16.1. The molecular formula is C8H9NO. The Hall–Kier alpha value is -1.05. The number of amides is 1. The second kappa shape index (κ2) is 1.97. The predicted molar refractivity (Wildman–Crippen MR) is 38.2 cm³/mol. The van der Waals surface area contributed by atoms with Gasteiger partial charge >= 0.3 is 0 Å². The molecule has 1 amide bonds. The van der Waals surface area contributed by atoms with Gasteiger partial charge in [-0.3, -0.25) is 4.79 Å². The van der Waals surface area contributed by atoms with E-state index < -0.39 is 0 Å². The molecule has 2 nitrogen and oxygen atoms in total. The lowest BCUT2D eigenvalue weighted by molar-refractivity contribution is -0.118. The minimum atomic E-state index is 0.138. The van der Waals surface area contributed by atoms with Crippen LogP contribution in [0.5, 0.6) is 0 Å². The zero-order valence-electron chi connectivity index (χ0n) is 5.68. The van der Waals surface area contributed by atoms with Crippen molar-refractivity contribution in [3.05, 3.63) is 23.4 Å². The largest absolute Gasteiger partial charge is 0.326 e. The Bertz CT molecular complexity index is 214. The van der Waals surface area contributed by atoms with Crippen LogP contribution in [0.2, 0.25) is 0 Å². The standard InChI is InChI=1S/C8H9NO/c10-8-5-6-3-1-2-4-7(6)9-8/h3-4H,1-2,5H2,(H,9,10). The Morgan fingerprint density at radius 3 is 2.90 bits per heavy atom. The molecule has 0 aromatic rings. The van der Waals surface area contributed by atoms with Crippen molar-refractivity contribution in [2.24, 2.45) is 0 Å². The van der Waals surface area contributed by atoms with Gasteiger partial charge in [0.05, 0.1) is 6.42 Å². The lowest BCUT2D eigenvalue weighted by Gasteiger charge is -2.04. The van der Waals surface area contributed by atoms with Crippen molar-refractivity contribution in [1.82, 2.24) is 5.32 Å². The molecule has 1 saturated heterocycles. The summed E-state index contributed by atoms with van der Waals surface area (Å²) >= 11 is 0. The fourth-order valence-electron chi connectivity index (χ4n) is 1.39. The van der Waals surface area contributed by atoms with E-state index in [2.05, 4.69) is 17.5 Å². The third kappa shape index (κ3) is 0.764. The molecule has 0 aromatic heterocycles. The van der Waals surface area contributed by atoms with E-state index in [9.17, 15) is 4.79 Å². The molecule has 2 aliphatic rings. The summed E-state index contributed by atoms with van der Waals surface area (Å²) in [6, 6.07) is 0. The minimum absolute atomic E-state index is 0.138. The van der Waals surface area contributed by atoms with Gasteiger partial charge in [-0.2, -0.15) is 0 Å². The second-order valence-corrected chi connectivity index (χ2v) is 2.65. The number of fused-ring (bicyclic) bond motifs is 1. The SMILES string of the molecule is O=C1CC2=CCCC=C2N1.